The molecule has 0 radical (unpaired) electrons. The molecule has 0 aliphatic carbocycles. The monoisotopic (exact) mass is 372 g/mol. The van der Waals surface area contributed by atoms with Crippen molar-refractivity contribution in [3.63, 3.8) is 0 Å². The minimum atomic E-state index is -0.488. The number of ether oxygens (including phenoxy) is 1. The molecule has 1 unspecified atom stereocenters. The zero-order valence-corrected chi connectivity index (χ0v) is 15.5. The summed E-state index contributed by atoms with van der Waals surface area (Å²) in [5.74, 6) is -0.696. The minimum absolute atomic E-state index is 0.0405. The summed E-state index contributed by atoms with van der Waals surface area (Å²) in [6.07, 6.45) is 1.09. The molecule has 26 heavy (non-hydrogen) atoms. The van der Waals surface area contributed by atoms with E-state index in [1.165, 1.54) is 23.6 Å². The summed E-state index contributed by atoms with van der Waals surface area (Å²) in [6.45, 7) is 3.37. The molecule has 1 fully saturated rings. The van der Waals surface area contributed by atoms with Crippen molar-refractivity contribution in [2.24, 2.45) is 0 Å². The van der Waals surface area contributed by atoms with E-state index in [2.05, 4.69) is 5.32 Å². The lowest BCUT2D eigenvalue weighted by Gasteiger charge is -2.35. The number of esters is 1. The summed E-state index contributed by atoms with van der Waals surface area (Å²) < 4.78 is 5.42. The molecule has 1 saturated heterocycles. The van der Waals surface area contributed by atoms with E-state index in [1.54, 1.807) is 12.3 Å². The SMILES string of the molecule is CC(=O)NC(C)=CSC1=C(C(=O)OCc2ccccc2)N2C(=O)CC2C1. The highest BCUT2D eigenvalue weighted by Crippen LogP contribution is 2.43. The molecule has 7 heteroatoms. The molecule has 136 valence electrons. The molecular weight excluding hydrogens is 352 g/mol. The number of carbonyl (C=O) groups excluding carboxylic acids is 3. The third kappa shape index (κ3) is 3.99. The smallest absolute Gasteiger partial charge is 0.356 e. The average molecular weight is 372 g/mol. The normalized spacial score (nSPS) is 19.2. The molecule has 2 aliphatic heterocycles. The van der Waals surface area contributed by atoms with Crippen LogP contribution in [0.4, 0.5) is 0 Å². The number of hydrogen-bond acceptors (Lipinski definition) is 5. The molecule has 1 aromatic carbocycles. The molecule has 6 nitrogen and oxygen atoms in total. The molecule has 2 heterocycles. The van der Waals surface area contributed by atoms with Crippen molar-refractivity contribution in [3.8, 4) is 0 Å². The second kappa shape index (κ2) is 7.78. The summed E-state index contributed by atoms with van der Waals surface area (Å²) in [7, 11) is 0. The van der Waals surface area contributed by atoms with Gasteiger partial charge in [-0.15, -0.1) is 0 Å². The van der Waals surface area contributed by atoms with E-state index < -0.39 is 5.97 Å². The Kier molecular flexibility index (Phi) is 5.46. The van der Waals surface area contributed by atoms with E-state index in [0.29, 0.717) is 24.2 Å². The van der Waals surface area contributed by atoms with Crippen LogP contribution in [0, 0.1) is 0 Å². The van der Waals surface area contributed by atoms with Crippen LogP contribution in [-0.2, 0) is 25.7 Å². The number of allylic oxidation sites excluding steroid dienone is 1. The number of thioether (sulfide) groups is 1. The van der Waals surface area contributed by atoms with Crippen molar-refractivity contribution >= 4 is 29.5 Å². The van der Waals surface area contributed by atoms with Crippen LogP contribution in [0.25, 0.3) is 0 Å². The van der Waals surface area contributed by atoms with Crippen LogP contribution in [0.3, 0.4) is 0 Å². The Labute approximate surface area is 156 Å². The second-order valence-corrected chi connectivity index (χ2v) is 7.22. The van der Waals surface area contributed by atoms with Gasteiger partial charge in [0.1, 0.15) is 12.3 Å². The Bertz CT molecular complexity index is 801. The van der Waals surface area contributed by atoms with Crippen LogP contribution >= 0.6 is 11.8 Å². The fraction of sp³-hybridized carbons (Fsp3) is 0.316. The molecule has 2 amide bonds. The first-order valence-electron chi connectivity index (χ1n) is 8.33. The van der Waals surface area contributed by atoms with Crippen molar-refractivity contribution in [1.29, 1.82) is 0 Å². The summed E-state index contributed by atoms with van der Waals surface area (Å²) in [4.78, 5) is 38.0. The van der Waals surface area contributed by atoms with E-state index in [9.17, 15) is 14.4 Å². The summed E-state index contributed by atoms with van der Waals surface area (Å²) in [6, 6.07) is 9.45. The molecule has 1 N–H and O–H groups in total. The van der Waals surface area contributed by atoms with Crippen LogP contribution in [0.5, 0.6) is 0 Å². The van der Waals surface area contributed by atoms with Gasteiger partial charge in [-0.3, -0.25) is 9.59 Å². The van der Waals surface area contributed by atoms with Crippen LogP contribution in [-0.4, -0.2) is 28.7 Å². The molecule has 0 spiro atoms. The third-order valence-electron chi connectivity index (χ3n) is 4.13. The summed E-state index contributed by atoms with van der Waals surface area (Å²) in [5, 5.41) is 4.46. The van der Waals surface area contributed by atoms with Gasteiger partial charge in [0.05, 0.1) is 6.04 Å². The Hall–Kier alpha value is -2.54. The van der Waals surface area contributed by atoms with Crippen molar-refractivity contribution in [2.75, 3.05) is 0 Å². The fourth-order valence-corrected chi connectivity index (χ4v) is 3.93. The van der Waals surface area contributed by atoms with Crippen molar-refractivity contribution in [2.45, 2.75) is 39.3 Å². The summed E-state index contributed by atoms with van der Waals surface area (Å²) in [5.41, 5.74) is 1.91. The molecule has 2 aliphatic rings. The standard InChI is InChI=1S/C19H20N2O4S/c1-12(20-13(2)22)11-26-16-8-15-9-17(23)21(15)18(16)19(24)25-10-14-6-4-3-5-7-14/h3-7,11,15H,8-10H2,1-2H3,(H,20,22). The topological polar surface area (TPSA) is 75.7 Å². The zero-order chi connectivity index (χ0) is 18.7. The number of rotatable bonds is 6. The maximum atomic E-state index is 12.6. The zero-order valence-electron chi connectivity index (χ0n) is 14.7. The Morgan fingerprint density at radius 2 is 2.00 bits per heavy atom. The number of nitrogens with zero attached hydrogens (tertiary/aromatic N) is 1. The Balaban J connectivity index is 1.73. The van der Waals surface area contributed by atoms with E-state index >= 15 is 0 Å². The highest BCUT2D eigenvalue weighted by molar-refractivity contribution is 8.05. The van der Waals surface area contributed by atoms with Gasteiger partial charge < -0.3 is 15.0 Å². The third-order valence-corrected chi connectivity index (χ3v) is 5.24. The number of hydrogen-bond donors (Lipinski definition) is 1. The minimum Gasteiger partial charge on any atom is -0.456 e. The van der Waals surface area contributed by atoms with Crippen LogP contribution < -0.4 is 5.32 Å². The molecule has 0 bridgehead atoms. The van der Waals surface area contributed by atoms with Crippen LogP contribution in [0.1, 0.15) is 32.3 Å². The highest BCUT2D eigenvalue weighted by Gasteiger charge is 2.47. The highest BCUT2D eigenvalue weighted by atomic mass is 32.2. The lowest BCUT2D eigenvalue weighted by molar-refractivity contribution is -0.150. The molecule has 3 rings (SSSR count). The number of β-lactam (4-membered cyclic amide) rings is 1. The number of nitrogens with one attached hydrogen (secondary N) is 1. The first kappa shape index (κ1) is 18.3. The molecule has 0 saturated carbocycles. The first-order valence-corrected chi connectivity index (χ1v) is 9.21. The van der Waals surface area contributed by atoms with Gasteiger partial charge in [0.2, 0.25) is 11.8 Å². The maximum Gasteiger partial charge on any atom is 0.356 e. The predicted molar refractivity (Wildman–Crippen MR) is 98.3 cm³/mol. The lowest BCUT2D eigenvalue weighted by atomic mass is 10.0. The van der Waals surface area contributed by atoms with Crippen LogP contribution in [0.15, 0.2) is 52.0 Å². The van der Waals surface area contributed by atoms with E-state index in [1.807, 2.05) is 30.3 Å². The Morgan fingerprint density at radius 3 is 2.65 bits per heavy atom. The number of carbonyl (C=O) groups is 3. The quantitative estimate of drug-likeness (QED) is 0.614. The Morgan fingerprint density at radius 1 is 1.27 bits per heavy atom. The lowest BCUT2D eigenvalue weighted by Crippen LogP contribution is -2.49. The van der Waals surface area contributed by atoms with Gasteiger partial charge >= 0.3 is 5.97 Å². The van der Waals surface area contributed by atoms with Gasteiger partial charge in [0.15, 0.2) is 0 Å². The average Bonchev–Trinajstić information content (AvgIpc) is 2.90. The number of benzene rings is 1. The van der Waals surface area contributed by atoms with Crippen molar-refractivity contribution in [3.05, 3.63) is 57.6 Å². The van der Waals surface area contributed by atoms with Gasteiger partial charge in [0, 0.05) is 30.4 Å². The van der Waals surface area contributed by atoms with Crippen LogP contribution in [0.2, 0.25) is 0 Å². The fourth-order valence-electron chi connectivity index (χ4n) is 2.97. The second-order valence-electron chi connectivity index (χ2n) is 6.26. The predicted octanol–water partition coefficient (Wildman–Crippen LogP) is 2.68. The number of amides is 2. The van der Waals surface area contributed by atoms with E-state index in [0.717, 1.165) is 10.5 Å². The largest absolute Gasteiger partial charge is 0.456 e. The van der Waals surface area contributed by atoms with Gasteiger partial charge in [-0.2, -0.15) is 0 Å². The van der Waals surface area contributed by atoms with Crippen molar-refractivity contribution < 1.29 is 19.1 Å². The molecule has 0 aromatic heterocycles. The maximum absolute atomic E-state index is 12.6. The van der Waals surface area contributed by atoms with Gasteiger partial charge in [-0.25, -0.2) is 4.79 Å². The molecule has 1 atom stereocenters. The van der Waals surface area contributed by atoms with Gasteiger partial charge in [-0.1, -0.05) is 42.1 Å². The van der Waals surface area contributed by atoms with E-state index in [4.69, 9.17) is 4.74 Å². The van der Waals surface area contributed by atoms with Gasteiger partial charge in [0.25, 0.3) is 0 Å². The van der Waals surface area contributed by atoms with Gasteiger partial charge in [-0.05, 0) is 17.9 Å². The summed E-state index contributed by atoms with van der Waals surface area (Å²) >= 11 is 1.35. The molecular formula is C19H20N2O4S. The first-order chi connectivity index (χ1) is 12.5. The number of fused-ring (bicyclic) bond motifs is 1. The van der Waals surface area contributed by atoms with Crippen molar-refractivity contribution in [1.82, 2.24) is 10.2 Å². The molecule has 1 aromatic rings. The van der Waals surface area contributed by atoms with E-state index in [-0.39, 0.29) is 24.5 Å².